The van der Waals surface area contributed by atoms with Crippen LogP contribution in [0.15, 0.2) is 17.2 Å². The van der Waals surface area contributed by atoms with E-state index in [1.165, 1.54) is 0 Å². The second-order valence-corrected chi connectivity index (χ2v) is 5.49. The van der Waals surface area contributed by atoms with Crippen molar-refractivity contribution < 1.29 is 34.8 Å². The van der Waals surface area contributed by atoms with Gasteiger partial charge in [-0.2, -0.15) is 26.3 Å². The molecule has 0 saturated carbocycles. The summed E-state index contributed by atoms with van der Waals surface area (Å²) >= 11 is 0. The van der Waals surface area contributed by atoms with Crippen molar-refractivity contribution in [2.24, 2.45) is 0 Å². The maximum atomic E-state index is 12.3. The predicted molar refractivity (Wildman–Crippen MR) is 47.3 cm³/mol. The molecule has 3 nitrogen and oxygen atoms in total. The monoisotopic (exact) mass is 313 g/mol. The van der Waals surface area contributed by atoms with E-state index in [2.05, 4.69) is 4.98 Å². The van der Waals surface area contributed by atoms with Gasteiger partial charge in [0.05, 0.1) is 5.56 Å². The zero-order valence-corrected chi connectivity index (χ0v) is 9.54. The van der Waals surface area contributed by atoms with Crippen molar-refractivity contribution in [2.45, 2.75) is 17.4 Å². The highest BCUT2D eigenvalue weighted by Gasteiger charge is 2.45. The lowest BCUT2D eigenvalue weighted by atomic mass is 10.2. The Morgan fingerprint density at radius 2 is 1.50 bits per heavy atom. The first-order valence-electron chi connectivity index (χ1n) is 3.93. The first-order valence-corrected chi connectivity index (χ1v) is 6.24. The van der Waals surface area contributed by atoms with Crippen LogP contribution in [0.3, 0.4) is 0 Å². The minimum absolute atomic E-state index is 0.0366. The van der Waals surface area contributed by atoms with Crippen molar-refractivity contribution in [1.29, 1.82) is 0 Å². The Balaban J connectivity index is 3.60. The molecule has 0 aliphatic heterocycles. The number of aromatic nitrogens is 1. The lowest BCUT2D eigenvalue weighted by Crippen LogP contribution is -2.19. The summed E-state index contributed by atoms with van der Waals surface area (Å²) < 4.78 is 95.3. The smallest absolute Gasteiger partial charge is 0.230 e. The Bertz CT molecular complexity index is 564. The molecule has 0 fully saturated rings. The van der Waals surface area contributed by atoms with Gasteiger partial charge in [0.15, 0.2) is 10.7 Å². The Labute approximate surface area is 101 Å². The van der Waals surface area contributed by atoms with Crippen LogP contribution < -0.4 is 0 Å². The van der Waals surface area contributed by atoms with Crippen LogP contribution in [0.5, 0.6) is 0 Å². The van der Waals surface area contributed by atoms with Crippen LogP contribution in [0.4, 0.5) is 26.3 Å². The molecule has 1 heterocycles. The Hall–Kier alpha value is -1.03. The fraction of sp³-hybridized carbons (Fsp3) is 0.286. The van der Waals surface area contributed by atoms with Gasteiger partial charge < -0.3 is 0 Å². The number of pyridine rings is 1. The molecule has 0 aliphatic rings. The lowest BCUT2D eigenvalue weighted by Gasteiger charge is -2.14. The molecule has 0 aromatic carbocycles. The van der Waals surface area contributed by atoms with E-state index in [4.69, 9.17) is 10.7 Å². The van der Waals surface area contributed by atoms with E-state index >= 15 is 0 Å². The summed E-state index contributed by atoms with van der Waals surface area (Å²) in [5, 5.41) is -1.30. The van der Waals surface area contributed by atoms with E-state index < -0.39 is 37.7 Å². The Kier molecular flexibility index (Phi) is 3.56. The molecule has 18 heavy (non-hydrogen) atoms. The molecule has 0 unspecified atom stereocenters. The Morgan fingerprint density at radius 3 is 1.83 bits per heavy atom. The van der Waals surface area contributed by atoms with Crippen LogP contribution in [0.1, 0.15) is 11.3 Å². The van der Waals surface area contributed by atoms with Gasteiger partial charge in [0.2, 0.25) is 0 Å². The van der Waals surface area contributed by atoms with Gasteiger partial charge in [0, 0.05) is 10.7 Å². The maximum absolute atomic E-state index is 12.3. The normalized spacial score (nSPS) is 13.7. The summed E-state index contributed by atoms with van der Waals surface area (Å²) in [7, 11) is 0.0543. The number of hydrogen-bond acceptors (Lipinski definition) is 3. The molecule has 1 aromatic heterocycles. The van der Waals surface area contributed by atoms with Crippen molar-refractivity contribution in [3.05, 3.63) is 23.4 Å². The number of alkyl halides is 6. The molecule has 0 spiro atoms. The average Bonchev–Trinajstić information content (AvgIpc) is 2.12. The largest absolute Gasteiger partial charge is 0.434 e. The van der Waals surface area contributed by atoms with Crippen molar-refractivity contribution in [1.82, 2.24) is 4.98 Å². The molecular weight excluding hydrogens is 312 g/mol. The zero-order chi connectivity index (χ0) is 14.4. The molecule has 0 N–H and O–H groups in total. The number of nitrogens with zero attached hydrogens (tertiary/aromatic N) is 1. The lowest BCUT2D eigenvalue weighted by molar-refractivity contribution is -0.165. The van der Waals surface area contributed by atoms with Crippen LogP contribution in [0.2, 0.25) is 0 Å². The van der Waals surface area contributed by atoms with E-state index in [0.29, 0.717) is 0 Å². The topological polar surface area (TPSA) is 47.0 Å². The summed E-state index contributed by atoms with van der Waals surface area (Å²) in [4.78, 5) is 2.42. The standard InChI is InChI=1S/C7H2ClF6NO2S/c8-18(16,17)4-2-1-3(6(9,10)11)5(15-4)7(12,13)14/h1-2H. The van der Waals surface area contributed by atoms with Gasteiger partial charge in [-0.1, -0.05) is 0 Å². The summed E-state index contributed by atoms with van der Waals surface area (Å²) in [5.74, 6) is 0. The molecule has 1 aromatic rings. The highest BCUT2D eigenvalue weighted by Crippen LogP contribution is 2.39. The van der Waals surface area contributed by atoms with Gasteiger partial charge in [0.1, 0.15) is 0 Å². The molecule has 0 amide bonds. The van der Waals surface area contributed by atoms with Gasteiger partial charge in [-0.3, -0.25) is 0 Å². The van der Waals surface area contributed by atoms with E-state index in [1.807, 2.05) is 0 Å². The third-order valence-electron chi connectivity index (χ3n) is 1.69. The van der Waals surface area contributed by atoms with Gasteiger partial charge >= 0.3 is 12.4 Å². The highest BCUT2D eigenvalue weighted by molar-refractivity contribution is 8.13. The van der Waals surface area contributed by atoms with Crippen molar-refractivity contribution in [2.75, 3.05) is 0 Å². The molecule has 0 bridgehead atoms. The second kappa shape index (κ2) is 4.26. The molecule has 0 aliphatic carbocycles. The molecule has 102 valence electrons. The van der Waals surface area contributed by atoms with Crippen molar-refractivity contribution >= 4 is 19.7 Å². The zero-order valence-electron chi connectivity index (χ0n) is 7.97. The first kappa shape index (κ1) is 15.0. The summed E-state index contributed by atoms with van der Waals surface area (Å²) in [6.07, 6.45) is -10.8. The number of rotatable bonds is 1. The molecule has 0 saturated heterocycles. The van der Waals surface area contributed by atoms with Gasteiger partial charge in [-0.25, -0.2) is 13.4 Å². The highest BCUT2D eigenvalue weighted by atomic mass is 35.7. The summed E-state index contributed by atoms with van der Waals surface area (Å²) in [6, 6.07) is 0.214. The van der Waals surface area contributed by atoms with Crippen LogP contribution in [-0.2, 0) is 21.4 Å². The quantitative estimate of drug-likeness (QED) is 0.591. The van der Waals surface area contributed by atoms with Crippen LogP contribution >= 0.6 is 10.7 Å². The molecule has 0 atom stereocenters. The predicted octanol–water partition coefficient (Wildman–Crippen LogP) is 3.05. The Morgan fingerprint density at radius 1 is 1.00 bits per heavy atom. The van der Waals surface area contributed by atoms with Gasteiger partial charge in [-0.05, 0) is 12.1 Å². The first-order chi connectivity index (χ1) is 7.83. The van der Waals surface area contributed by atoms with E-state index in [0.717, 1.165) is 0 Å². The molecular formula is C7H2ClF6NO2S. The maximum Gasteiger partial charge on any atom is 0.434 e. The minimum atomic E-state index is -5.46. The number of hydrogen-bond donors (Lipinski definition) is 0. The van der Waals surface area contributed by atoms with E-state index in [9.17, 15) is 34.8 Å². The van der Waals surface area contributed by atoms with Crippen molar-refractivity contribution in [3.8, 4) is 0 Å². The molecule has 0 radical (unpaired) electrons. The van der Waals surface area contributed by atoms with Gasteiger partial charge in [-0.15, -0.1) is 0 Å². The third-order valence-corrected chi connectivity index (χ3v) is 2.89. The molecule has 1 rings (SSSR count). The van der Waals surface area contributed by atoms with Gasteiger partial charge in [0.25, 0.3) is 9.05 Å². The summed E-state index contributed by atoms with van der Waals surface area (Å²) in [6.45, 7) is 0. The summed E-state index contributed by atoms with van der Waals surface area (Å²) in [5.41, 5.74) is -4.43. The fourth-order valence-electron chi connectivity index (χ4n) is 1.02. The second-order valence-electron chi connectivity index (χ2n) is 2.98. The fourth-order valence-corrected chi connectivity index (χ4v) is 1.71. The number of halogens is 7. The van der Waals surface area contributed by atoms with Crippen molar-refractivity contribution in [3.63, 3.8) is 0 Å². The van der Waals surface area contributed by atoms with E-state index in [1.54, 1.807) is 0 Å². The average molecular weight is 314 g/mol. The minimum Gasteiger partial charge on any atom is -0.230 e. The third kappa shape index (κ3) is 3.25. The molecule has 11 heteroatoms. The van der Waals surface area contributed by atoms with E-state index in [-0.39, 0.29) is 12.1 Å². The van der Waals surface area contributed by atoms with Crippen LogP contribution in [0.25, 0.3) is 0 Å². The van der Waals surface area contributed by atoms with Crippen LogP contribution in [0, 0.1) is 0 Å². The van der Waals surface area contributed by atoms with Crippen LogP contribution in [-0.4, -0.2) is 13.4 Å². The SMILES string of the molecule is O=S(=O)(Cl)c1ccc(C(F)(F)F)c(C(F)(F)F)n1.